The first kappa shape index (κ1) is 33.5. The van der Waals surface area contributed by atoms with Crippen molar-refractivity contribution in [2.24, 2.45) is 0 Å². The standard InChI is InChI=1S/C36H49ClN6O4/c37-27-16-14-26(15-17-27)23-31(40-33(45)30-13-7-8-20-38-30)34(46)41-21-18-36(19-22-41)35(47)42(25-43(36)29-11-5-2-6-12-29)24-32(44)39-28-9-3-1-4-10-28/h2,5,11,14-17,28,30-31,38H,1,3-4,6-10,12-13,18-25H2,(H,39,44)(H,40,45)/t30-,31+/m0/s1. The lowest BCUT2D eigenvalue weighted by Crippen LogP contribution is -2.60. The molecule has 2 aliphatic carbocycles. The highest BCUT2D eigenvalue weighted by Crippen LogP contribution is 2.40. The van der Waals surface area contributed by atoms with Crippen LogP contribution in [0.4, 0.5) is 0 Å². The van der Waals surface area contributed by atoms with Crippen LogP contribution in [0.15, 0.2) is 48.2 Å². The first-order valence-electron chi connectivity index (χ1n) is 17.6. The normalized spacial score (nSPS) is 23.9. The number of nitrogens with one attached hydrogen (secondary N) is 3. The van der Waals surface area contributed by atoms with E-state index in [1.54, 1.807) is 21.9 Å². The molecule has 1 aromatic rings. The molecule has 4 fully saturated rings. The van der Waals surface area contributed by atoms with Crippen LogP contribution in [0.3, 0.4) is 0 Å². The molecule has 3 N–H and O–H groups in total. The van der Waals surface area contributed by atoms with Gasteiger partial charge in [-0.2, -0.15) is 0 Å². The Bertz CT molecular complexity index is 1360. The molecule has 3 saturated heterocycles. The summed E-state index contributed by atoms with van der Waals surface area (Å²) in [6.45, 7) is 1.98. The molecule has 1 aromatic carbocycles. The van der Waals surface area contributed by atoms with Crippen LogP contribution in [-0.4, -0.2) is 94.8 Å². The molecule has 1 spiro atoms. The summed E-state index contributed by atoms with van der Waals surface area (Å²) in [7, 11) is 0. The molecule has 1 saturated carbocycles. The van der Waals surface area contributed by atoms with E-state index in [0.717, 1.165) is 75.6 Å². The van der Waals surface area contributed by atoms with Crippen LogP contribution in [0.1, 0.15) is 82.6 Å². The molecule has 11 heteroatoms. The van der Waals surface area contributed by atoms with Gasteiger partial charge in [0.15, 0.2) is 0 Å². The Morgan fingerprint density at radius 1 is 1.00 bits per heavy atom. The molecular formula is C36H49ClN6O4. The number of halogens is 1. The SMILES string of the molecule is O=C(CN1CN(C2=CC=CCC2)C2(CCN(C(=O)[C@@H](Cc3ccc(Cl)cc3)NC(=O)[C@@H]3CCCCN3)CC2)C1=O)NC1CCCCC1. The largest absolute Gasteiger partial charge is 0.352 e. The van der Waals surface area contributed by atoms with Crippen LogP contribution in [-0.2, 0) is 25.6 Å². The van der Waals surface area contributed by atoms with E-state index in [4.69, 9.17) is 11.6 Å². The number of rotatable bonds is 9. The minimum absolute atomic E-state index is 0.0340. The van der Waals surface area contributed by atoms with Crippen molar-refractivity contribution in [3.63, 3.8) is 0 Å². The third-order valence-corrected chi connectivity index (χ3v) is 10.9. The molecule has 3 aliphatic heterocycles. The highest BCUT2D eigenvalue weighted by molar-refractivity contribution is 6.30. The molecule has 3 heterocycles. The van der Waals surface area contributed by atoms with Gasteiger partial charge in [0.1, 0.15) is 18.1 Å². The highest BCUT2D eigenvalue weighted by Gasteiger charge is 2.55. The molecule has 0 unspecified atom stereocenters. The number of nitrogens with zero attached hydrogens (tertiary/aromatic N) is 3. The number of hydrogen-bond acceptors (Lipinski definition) is 6. The molecule has 2 atom stereocenters. The first-order chi connectivity index (χ1) is 22.8. The number of allylic oxidation sites excluding steroid dienone is 4. The number of carbonyl (C=O) groups excluding carboxylic acids is 4. The molecule has 0 radical (unpaired) electrons. The summed E-state index contributed by atoms with van der Waals surface area (Å²) < 4.78 is 0. The van der Waals surface area contributed by atoms with Crippen LogP contribution in [0.25, 0.3) is 0 Å². The summed E-state index contributed by atoms with van der Waals surface area (Å²) in [6.07, 6.45) is 17.5. The van der Waals surface area contributed by atoms with Crippen LogP contribution >= 0.6 is 11.6 Å². The second-order valence-corrected chi connectivity index (χ2v) is 14.3. The van der Waals surface area contributed by atoms with Crippen molar-refractivity contribution in [2.45, 2.75) is 107 Å². The van der Waals surface area contributed by atoms with Crippen LogP contribution < -0.4 is 16.0 Å². The molecule has 6 rings (SSSR count). The predicted octanol–water partition coefficient (Wildman–Crippen LogP) is 3.66. The lowest BCUT2D eigenvalue weighted by atomic mass is 9.84. The smallest absolute Gasteiger partial charge is 0.250 e. The monoisotopic (exact) mass is 664 g/mol. The Balaban J connectivity index is 1.16. The van der Waals surface area contributed by atoms with E-state index in [1.165, 1.54) is 6.42 Å². The Kier molecular flexibility index (Phi) is 10.9. The molecular weight excluding hydrogens is 616 g/mol. The van der Waals surface area contributed by atoms with E-state index in [2.05, 4.69) is 33.0 Å². The summed E-state index contributed by atoms with van der Waals surface area (Å²) in [6, 6.07) is 6.52. The zero-order valence-electron chi connectivity index (χ0n) is 27.4. The van der Waals surface area contributed by atoms with E-state index in [0.29, 0.717) is 44.0 Å². The van der Waals surface area contributed by atoms with E-state index < -0.39 is 11.6 Å². The van der Waals surface area contributed by atoms with Gasteiger partial charge in [0, 0.05) is 36.3 Å². The Morgan fingerprint density at radius 3 is 2.43 bits per heavy atom. The van der Waals surface area contributed by atoms with Gasteiger partial charge in [-0.25, -0.2) is 0 Å². The van der Waals surface area contributed by atoms with E-state index >= 15 is 0 Å². The molecule has 254 valence electrons. The van der Waals surface area contributed by atoms with Crippen molar-refractivity contribution in [3.8, 4) is 0 Å². The van der Waals surface area contributed by atoms with Gasteiger partial charge in [0.2, 0.25) is 17.7 Å². The fourth-order valence-electron chi connectivity index (χ4n) is 7.98. The molecule has 5 aliphatic rings. The van der Waals surface area contributed by atoms with E-state index in [-0.39, 0.29) is 42.3 Å². The van der Waals surface area contributed by atoms with Gasteiger partial charge in [-0.15, -0.1) is 0 Å². The zero-order valence-corrected chi connectivity index (χ0v) is 28.1. The Labute approximate surface area is 283 Å². The zero-order chi connectivity index (χ0) is 32.8. The van der Waals surface area contributed by atoms with Gasteiger partial charge in [-0.3, -0.25) is 19.2 Å². The van der Waals surface area contributed by atoms with Gasteiger partial charge in [-0.1, -0.05) is 61.6 Å². The number of amides is 4. The number of carbonyl (C=O) groups is 4. The lowest BCUT2D eigenvalue weighted by Gasteiger charge is -2.45. The Hall–Kier alpha value is -3.37. The third kappa shape index (κ3) is 7.86. The van der Waals surface area contributed by atoms with Crippen LogP contribution in [0.2, 0.25) is 5.02 Å². The minimum atomic E-state index is -0.806. The van der Waals surface area contributed by atoms with Crippen molar-refractivity contribution >= 4 is 35.2 Å². The summed E-state index contributed by atoms with van der Waals surface area (Å²) in [5.74, 6) is -0.421. The predicted molar refractivity (Wildman–Crippen MR) is 181 cm³/mol. The van der Waals surface area contributed by atoms with Gasteiger partial charge < -0.3 is 30.7 Å². The third-order valence-electron chi connectivity index (χ3n) is 10.7. The molecule has 0 bridgehead atoms. The van der Waals surface area contributed by atoms with Crippen molar-refractivity contribution in [2.75, 3.05) is 32.8 Å². The van der Waals surface area contributed by atoms with Crippen molar-refractivity contribution in [1.29, 1.82) is 0 Å². The average molecular weight is 665 g/mol. The molecule has 0 aromatic heterocycles. The van der Waals surface area contributed by atoms with Crippen molar-refractivity contribution in [3.05, 3.63) is 58.8 Å². The lowest BCUT2D eigenvalue weighted by molar-refractivity contribution is -0.143. The summed E-state index contributed by atoms with van der Waals surface area (Å²) >= 11 is 6.12. The molecule has 47 heavy (non-hydrogen) atoms. The summed E-state index contributed by atoms with van der Waals surface area (Å²) in [5.41, 5.74) is 1.21. The van der Waals surface area contributed by atoms with Gasteiger partial charge in [0.25, 0.3) is 5.91 Å². The van der Waals surface area contributed by atoms with Crippen molar-refractivity contribution < 1.29 is 19.2 Å². The van der Waals surface area contributed by atoms with Gasteiger partial charge in [-0.05, 0) is 81.7 Å². The van der Waals surface area contributed by atoms with Crippen LogP contribution in [0, 0.1) is 0 Å². The van der Waals surface area contributed by atoms with Crippen molar-refractivity contribution in [1.82, 2.24) is 30.7 Å². The number of benzene rings is 1. The molecule has 10 nitrogen and oxygen atoms in total. The van der Waals surface area contributed by atoms with Gasteiger partial charge in [0.05, 0.1) is 12.7 Å². The topological polar surface area (TPSA) is 114 Å². The summed E-state index contributed by atoms with van der Waals surface area (Å²) in [4.78, 5) is 60.5. The number of piperidine rings is 2. The Morgan fingerprint density at radius 2 is 1.74 bits per heavy atom. The van der Waals surface area contributed by atoms with E-state index in [9.17, 15) is 19.2 Å². The maximum absolute atomic E-state index is 14.2. The fraction of sp³-hybridized carbons (Fsp3) is 0.611. The van der Waals surface area contributed by atoms with Gasteiger partial charge >= 0.3 is 0 Å². The first-order valence-corrected chi connectivity index (χ1v) is 18.0. The maximum Gasteiger partial charge on any atom is 0.250 e. The highest BCUT2D eigenvalue weighted by atomic mass is 35.5. The summed E-state index contributed by atoms with van der Waals surface area (Å²) in [5, 5.41) is 10.1. The number of hydrogen-bond donors (Lipinski definition) is 3. The number of likely N-dealkylation sites (tertiary alicyclic amines) is 1. The fourth-order valence-corrected chi connectivity index (χ4v) is 8.11. The second-order valence-electron chi connectivity index (χ2n) is 13.9. The molecule has 4 amide bonds. The quantitative estimate of drug-likeness (QED) is 0.372. The average Bonchev–Trinajstić information content (AvgIpc) is 3.36. The van der Waals surface area contributed by atoms with Crippen LogP contribution in [0.5, 0.6) is 0 Å². The van der Waals surface area contributed by atoms with E-state index in [1.807, 2.05) is 18.2 Å². The second kappa shape index (κ2) is 15.2. The minimum Gasteiger partial charge on any atom is -0.352 e. The maximum atomic E-state index is 14.2.